The lowest BCUT2D eigenvalue weighted by Crippen LogP contribution is -2.44. The molecule has 2 aromatic heterocycles. The molecule has 1 saturated carbocycles. The Morgan fingerprint density at radius 3 is 2.83 bits per heavy atom. The summed E-state index contributed by atoms with van der Waals surface area (Å²) in [5, 5.41) is 20.9. The molecule has 30 heavy (non-hydrogen) atoms. The van der Waals surface area contributed by atoms with Gasteiger partial charge in [0.05, 0.1) is 12.3 Å². The third-order valence-electron chi connectivity index (χ3n) is 5.91. The van der Waals surface area contributed by atoms with Crippen LogP contribution in [0.4, 0.5) is 15.9 Å². The maximum absolute atomic E-state index is 13.9. The molecule has 0 bridgehead atoms. The smallest absolute Gasteiger partial charge is 0.219 e. The SMILES string of the molecule is Cc1cc(F)cc(Nc2cc(OC3CNCC(O)C3)nc3c(C4CCC4)cnn23)c1. The van der Waals surface area contributed by atoms with Crippen molar-refractivity contribution in [3.63, 3.8) is 0 Å². The van der Waals surface area contributed by atoms with E-state index in [1.165, 1.54) is 18.6 Å². The van der Waals surface area contributed by atoms with Crippen LogP contribution in [0.5, 0.6) is 5.88 Å². The molecule has 3 aromatic rings. The van der Waals surface area contributed by atoms with Crippen molar-refractivity contribution in [3.8, 4) is 5.88 Å². The molecule has 1 aliphatic carbocycles. The zero-order valence-electron chi connectivity index (χ0n) is 16.9. The van der Waals surface area contributed by atoms with Gasteiger partial charge in [0.1, 0.15) is 17.7 Å². The highest BCUT2D eigenvalue weighted by molar-refractivity contribution is 5.63. The number of anilines is 2. The summed E-state index contributed by atoms with van der Waals surface area (Å²) in [6.45, 7) is 3.09. The second-order valence-corrected chi connectivity index (χ2v) is 8.37. The molecule has 5 rings (SSSR count). The Morgan fingerprint density at radius 1 is 1.23 bits per heavy atom. The Bertz CT molecular complexity index is 1040. The first-order chi connectivity index (χ1) is 14.5. The van der Waals surface area contributed by atoms with Gasteiger partial charge >= 0.3 is 0 Å². The van der Waals surface area contributed by atoms with Crippen molar-refractivity contribution in [1.82, 2.24) is 19.9 Å². The number of rotatable bonds is 5. The molecular formula is C22H26FN5O2. The van der Waals surface area contributed by atoms with Gasteiger partial charge in [0.15, 0.2) is 5.65 Å². The van der Waals surface area contributed by atoms with Gasteiger partial charge in [0.25, 0.3) is 0 Å². The average Bonchev–Trinajstić information content (AvgIpc) is 3.03. The number of piperidine rings is 1. The fourth-order valence-electron chi connectivity index (χ4n) is 4.21. The second kappa shape index (κ2) is 7.85. The molecule has 1 aliphatic heterocycles. The fraction of sp³-hybridized carbons (Fsp3) is 0.455. The van der Waals surface area contributed by atoms with Gasteiger partial charge in [-0.2, -0.15) is 14.6 Å². The summed E-state index contributed by atoms with van der Waals surface area (Å²) >= 11 is 0. The van der Waals surface area contributed by atoms with Crippen LogP contribution in [0, 0.1) is 12.7 Å². The van der Waals surface area contributed by atoms with Gasteiger partial charge in [-0.15, -0.1) is 0 Å². The Hall–Kier alpha value is -2.71. The number of nitrogens with zero attached hydrogens (tertiary/aromatic N) is 3. The Kier molecular flexibility index (Phi) is 5.04. The van der Waals surface area contributed by atoms with E-state index in [0.29, 0.717) is 42.8 Å². The number of hydrogen-bond acceptors (Lipinski definition) is 6. The molecule has 0 amide bonds. The summed E-state index contributed by atoms with van der Waals surface area (Å²) in [6.07, 6.45) is 5.34. The van der Waals surface area contributed by atoms with E-state index in [4.69, 9.17) is 9.72 Å². The molecule has 7 nitrogen and oxygen atoms in total. The van der Waals surface area contributed by atoms with Crippen molar-refractivity contribution in [1.29, 1.82) is 0 Å². The highest BCUT2D eigenvalue weighted by Gasteiger charge is 2.26. The van der Waals surface area contributed by atoms with Crippen molar-refractivity contribution in [3.05, 3.63) is 47.4 Å². The number of aryl methyl sites for hydroxylation is 1. The van der Waals surface area contributed by atoms with E-state index in [9.17, 15) is 9.50 Å². The molecule has 2 aliphatic rings. The highest BCUT2D eigenvalue weighted by atomic mass is 19.1. The summed E-state index contributed by atoms with van der Waals surface area (Å²) in [5.41, 5.74) is 3.35. The zero-order valence-corrected chi connectivity index (χ0v) is 16.9. The van der Waals surface area contributed by atoms with Gasteiger partial charge in [-0.25, -0.2) is 4.39 Å². The molecule has 2 unspecified atom stereocenters. The molecule has 0 spiro atoms. The Balaban J connectivity index is 1.52. The molecule has 3 N–H and O–H groups in total. The van der Waals surface area contributed by atoms with E-state index in [1.807, 2.05) is 19.2 Å². The standard InChI is InChI=1S/C22H26FN5O2/c1-13-5-15(23)7-16(6-13)26-20-9-21(30-18-8-17(29)10-24-11-18)27-22-19(12-25-28(20)22)14-3-2-4-14/h5-7,9,12,14,17-18,24,26,29H,2-4,8,10-11H2,1H3. The monoisotopic (exact) mass is 411 g/mol. The molecule has 158 valence electrons. The topological polar surface area (TPSA) is 83.7 Å². The van der Waals surface area contributed by atoms with Gasteiger partial charge < -0.3 is 20.5 Å². The van der Waals surface area contributed by atoms with Crippen LogP contribution in [0.1, 0.15) is 42.7 Å². The number of aromatic nitrogens is 3. The van der Waals surface area contributed by atoms with Gasteiger partial charge in [0.2, 0.25) is 5.88 Å². The van der Waals surface area contributed by atoms with Crippen molar-refractivity contribution in [2.75, 3.05) is 18.4 Å². The largest absolute Gasteiger partial charge is 0.473 e. The number of benzene rings is 1. The van der Waals surface area contributed by atoms with E-state index < -0.39 is 6.10 Å². The van der Waals surface area contributed by atoms with Crippen molar-refractivity contribution >= 4 is 17.2 Å². The predicted octanol–water partition coefficient (Wildman–Crippen LogP) is 3.29. The fourth-order valence-corrected chi connectivity index (χ4v) is 4.21. The third kappa shape index (κ3) is 3.85. The molecule has 1 saturated heterocycles. The van der Waals surface area contributed by atoms with Crippen LogP contribution in [0.2, 0.25) is 0 Å². The summed E-state index contributed by atoms with van der Waals surface area (Å²) in [7, 11) is 0. The van der Waals surface area contributed by atoms with E-state index in [0.717, 1.165) is 29.6 Å². The summed E-state index contributed by atoms with van der Waals surface area (Å²) < 4.78 is 21.8. The molecule has 3 heterocycles. The number of nitrogens with one attached hydrogen (secondary N) is 2. The Labute approximate surface area is 174 Å². The minimum absolute atomic E-state index is 0.164. The van der Waals surface area contributed by atoms with Crippen LogP contribution in [-0.4, -0.2) is 45.0 Å². The van der Waals surface area contributed by atoms with E-state index in [1.54, 1.807) is 10.6 Å². The Morgan fingerprint density at radius 2 is 2.10 bits per heavy atom. The molecular weight excluding hydrogens is 385 g/mol. The highest BCUT2D eigenvalue weighted by Crippen LogP contribution is 2.39. The molecule has 1 aromatic carbocycles. The molecule has 0 radical (unpaired) electrons. The van der Waals surface area contributed by atoms with Crippen molar-refractivity contribution in [2.24, 2.45) is 0 Å². The average molecular weight is 411 g/mol. The number of aliphatic hydroxyl groups excluding tert-OH is 1. The number of ether oxygens (including phenoxy) is 1. The van der Waals surface area contributed by atoms with Crippen molar-refractivity contribution < 1.29 is 14.2 Å². The predicted molar refractivity (Wildman–Crippen MR) is 112 cm³/mol. The minimum Gasteiger partial charge on any atom is -0.473 e. The first-order valence-corrected chi connectivity index (χ1v) is 10.5. The number of hydrogen-bond donors (Lipinski definition) is 3. The van der Waals surface area contributed by atoms with E-state index in [2.05, 4.69) is 15.7 Å². The van der Waals surface area contributed by atoms with Crippen LogP contribution in [0.25, 0.3) is 5.65 Å². The van der Waals surface area contributed by atoms with Gasteiger partial charge in [-0.1, -0.05) is 6.42 Å². The first-order valence-electron chi connectivity index (χ1n) is 10.5. The van der Waals surface area contributed by atoms with Gasteiger partial charge in [0, 0.05) is 36.8 Å². The molecule has 8 heteroatoms. The zero-order chi connectivity index (χ0) is 20.7. The summed E-state index contributed by atoms with van der Waals surface area (Å²) in [5.74, 6) is 1.31. The number of fused-ring (bicyclic) bond motifs is 1. The van der Waals surface area contributed by atoms with Crippen LogP contribution in [0.3, 0.4) is 0 Å². The van der Waals surface area contributed by atoms with Crippen molar-refractivity contribution in [2.45, 2.75) is 50.7 Å². The number of β-amino-alcohol motifs (C(OH)–C–C–N with tert-alkyl or cyclic N) is 1. The number of halogens is 1. The van der Waals surface area contributed by atoms with Crippen LogP contribution in [0.15, 0.2) is 30.5 Å². The molecule has 2 atom stereocenters. The lowest BCUT2D eigenvalue weighted by molar-refractivity contribution is 0.0637. The third-order valence-corrected chi connectivity index (χ3v) is 5.91. The van der Waals surface area contributed by atoms with Gasteiger partial charge in [-0.05, 0) is 49.4 Å². The minimum atomic E-state index is -0.430. The second-order valence-electron chi connectivity index (χ2n) is 8.37. The normalized spacial score (nSPS) is 22.1. The first kappa shape index (κ1) is 19.3. The van der Waals surface area contributed by atoms with Crippen LogP contribution in [-0.2, 0) is 0 Å². The lowest BCUT2D eigenvalue weighted by atomic mass is 9.81. The van der Waals surface area contributed by atoms with Gasteiger partial charge in [-0.3, -0.25) is 0 Å². The van der Waals surface area contributed by atoms with Crippen LogP contribution >= 0.6 is 0 Å². The maximum Gasteiger partial charge on any atom is 0.219 e. The number of aliphatic hydroxyl groups is 1. The lowest BCUT2D eigenvalue weighted by Gasteiger charge is -2.27. The maximum atomic E-state index is 13.9. The quantitative estimate of drug-likeness (QED) is 0.598. The van der Waals surface area contributed by atoms with E-state index in [-0.39, 0.29) is 11.9 Å². The van der Waals surface area contributed by atoms with E-state index >= 15 is 0 Å². The van der Waals surface area contributed by atoms with Crippen LogP contribution < -0.4 is 15.4 Å². The molecule has 2 fully saturated rings. The summed E-state index contributed by atoms with van der Waals surface area (Å²) in [4.78, 5) is 4.75. The summed E-state index contributed by atoms with van der Waals surface area (Å²) in [6, 6.07) is 6.61.